The molecule has 3 saturated carbocycles. The van der Waals surface area contributed by atoms with Crippen molar-refractivity contribution in [1.82, 2.24) is 10.6 Å². The van der Waals surface area contributed by atoms with Gasteiger partial charge in [0.05, 0.1) is 23.3 Å². The molecule has 37 heavy (non-hydrogen) atoms. The average molecular weight is 553 g/mol. The third kappa shape index (κ3) is 7.68. The number of fused-ring (bicyclic) bond motifs is 2. The zero-order chi connectivity index (χ0) is 26.8. The van der Waals surface area contributed by atoms with E-state index >= 15 is 0 Å². The van der Waals surface area contributed by atoms with E-state index in [9.17, 15) is 32.3 Å². The molecule has 206 valence electrons. The molecule has 13 heteroatoms. The molecule has 1 aromatic carbocycles. The fourth-order valence-electron chi connectivity index (χ4n) is 5.51. The third-order valence-corrected chi connectivity index (χ3v) is 7.48. The van der Waals surface area contributed by atoms with Crippen molar-refractivity contribution in [2.75, 3.05) is 13.2 Å². The highest BCUT2D eigenvalue weighted by molar-refractivity contribution is 6.30. The van der Waals surface area contributed by atoms with Crippen LogP contribution in [0.1, 0.15) is 44.9 Å². The zero-order valence-corrected chi connectivity index (χ0v) is 20.6. The number of halogens is 5. The molecule has 3 fully saturated rings. The normalized spacial score (nSPS) is 31.2. The van der Waals surface area contributed by atoms with Gasteiger partial charge in [-0.25, -0.2) is 4.39 Å². The molecule has 0 aromatic heterocycles. The lowest BCUT2D eigenvalue weighted by Gasteiger charge is -2.50. The van der Waals surface area contributed by atoms with Gasteiger partial charge in [-0.05, 0) is 50.2 Å². The Kier molecular flexibility index (Phi) is 8.51. The number of hydrogen-bond donors (Lipinski definition) is 3. The number of aliphatic hydroxyl groups excluding tert-OH is 1. The largest absolute Gasteiger partial charge is 0.522 e. The summed E-state index contributed by atoms with van der Waals surface area (Å²) in [5.74, 6) is -1.36. The molecule has 0 spiro atoms. The van der Waals surface area contributed by atoms with Crippen molar-refractivity contribution in [2.45, 2.75) is 81.2 Å². The number of benzene rings is 1. The fourth-order valence-corrected chi connectivity index (χ4v) is 5.63. The Morgan fingerprint density at radius 1 is 1.11 bits per heavy atom. The molecule has 0 radical (unpaired) electrons. The lowest BCUT2D eigenvalue weighted by molar-refractivity contribution is -0.357. The Hall–Kier alpha value is -2.15. The van der Waals surface area contributed by atoms with Crippen molar-refractivity contribution in [3.8, 4) is 5.75 Å². The maximum Gasteiger partial charge on any atom is 0.522 e. The van der Waals surface area contributed by atoms with Crippen molar-refractivity contribution in [1.29, 1.82) is 0 Å². The predicted molar refractivity (Wildman–Crippen MR) is 122 cm³/mol. The van der Waals surface area contributed by atoms with E-state index in [1.54, 1.807) is 0 Å². The van der Waals surface area contributed by atoms with Gasteiger partial charge < -0.3 is 25.2 Å². The van der Waals surface area contributed by atoms with Crippen molar-refractivity contribution < 1.29 is 46.5 Å². The van der Waals surface area contributed by atoms with Crippen LogP contribution in [0.25, 0.3) is 0 Å². The van der Waals surface area contributed by atoms with Gasteiger partial charge in [0.15, 0.2) is 6.61 Å². The molecule has 2 bridgehead atoms. The third-order valence-electron chi connectivity index (χ3n) is 7.17. The van der Waals surface area contributed by atoms with Crippen LogP contribution in [0.4, 0.5) is 17.6 Å². The van der Waals surface area contributed by atoms with Crippen LogP contribution in [0.3, 0.4) is 0 Å². The quantitative estimate of drug-likeness (QED) is 0.406. The van der Waals surface area contributed by atoms with Crippen molar-refractivity contribution in [3.63, 3.8) is 0 Å². The molecular formula is C24H29ClF4N2O6. The number of carbonyl (C=O) groups excluding carboxylic acids is 2. The zero-order valence-electron chi connectivity index (χ0n) is 19.9. The average Bonchev–Trinajstić information content (AvgIpc) is 2.77. The minimum absolute atomic E-state index is 0.0517. The number of nitrogens with one attached hydrogen (secondary N) is 2. The van der Waals surface area contributed by atoms with Crippen LogP contribution >= 0.6 is 11.6 Å². The maximum atomic E-state index is 13.5. The molecule has 3 aliphatic rings. The first-order valence-corrected chi connectivity index (χ1v) is 12.5. The number of carbonyl (C=O) groups is 2. The molecular weight excluding hydrogens is 524 g/mol. The van der Waals surface area contributed by atoms with Crippen LogP contribution in [0.15, 0.2) is 18.2 Å². The van der Waals surface area contributed by atoms with Gasteiger partial charge in [-0.15, -0.1) is 13.2 Å². The Balaban J connectivity index is 1.22. The van der Waals surface area contributed by atoms with E-state index in [2.05, 4.69) is 15.4 Å². The van der Waals surface area contributed by atoms with Crippen LogP contribution in [0.2, 0.25) is 5.02 Å². The van der Waals surface area contributed by atoms with Crippen molar-refractivity contribution in [3.05, 3.63) is 29.0 Å². The number of hydrogen-bond acceptors (Lipinski definition) is 6. The van der Waals surface area contributed by atoms with Crippen LogP contribution < -0.4 is 15.4 Å². The lowest BCUT2D eigenvalue weighted by atomic mass is 9.64. The van der Waals surface area contributed by atoms with Crippen molar-refractivity contribution in [2.24, 2.45) is 5.92 Å². The molecule has 0 aliphatic heterocycles. The maximum absolute atomic E-state index is 13.5. The van der Waals surface area contributed by atoms with Crippen molar-refractivity contribution >= 4 is 23.4 Å². The highest BCUT2D eigenvalue weighted by atomic mass is 35.5. The van der Waals surface area contributed by atoms with Crippen LogP contribution in [-0.2, 0) is 19.1 Å². The van der Waals surface area contributed by atoms with Crippen LogP contribution in [-0.4, -0.2) is 66.4 Å². The van der Waals surface area contributed by atoms with Gasteiger partial charge in [-0.1, -0.05) is 11.6 Å². The van der Waals surface area contributed by atoms with E-state index in [4.69, 9.17) is 21.1 Å². The fraction of sp³-hybridized carbons (Fsp3) is 0.667. The van der Waals surface area contributed by atoms with Gasteiger partial charge in [-0.3, -0.25) is 14.3 Å². The number of amides is 2. The first-order valence-electron chi connectivity index (χ1n) is 12.1. The Morgan fingerprint density at radius 3 is 2.57 bits per heavy atom. The Labute approximate surface area is 216 Å². The molecule has 8 nitrogen and oxygen atoms in total. The lowest BCUT2D eigenvalue weighted by Crippen LogP contribution is -2.61. The Morgan fingerprint density at radius 2 is 1.86 bits per heavy atom. The standard InChI is InChI=1S/C24H29ClF4N2O6/c25-18-2-1-15(8-19(18)26)35-11-21(33)30-20-3-4-23(9-13(20)5-14(32)10-23)31-22(34)12-36-16-6-17(7-16)37-24(27,28)29/h1-2,8,13-14,16-17,20,32H,3-7,9-12H2,(H,30,33)(H,31,34)/t13?,14-,16-,17+,20?,23?/m1/s1. The molecule has 3 aliphatic carbocycles. The SMILES string of the molecule is O=C(COc1ccc(Cl)c(F)c1)NC1CCC2(NC(=O)CO[C@H]3C[C@@H](OC(F)(F)F)C3)CC1C[C@@H](O)C2. The summed E-state index contributed by atoms with van der Waals surface area (Å²) >= 11 is 5.64. The molecule has 2 amide bonds. The molecule has 0 saturated heterocycles. The molecule has 0 heterocycles. The van der Waals surface area contributed by atoms with E-state index in [1.807, 2.05) is 0 Å². The summed E-state index contributed by atoms with van der Waals surface area (Å²) in [6, 6.07) is 3.65. The summed E-state index contributed by atoms with van der Waals surface area (Å²) in [5.41, 5.74) is -0.650. The van der Waals surface area contributed by atoms with E-state index in [1.165, 1.54) is 12.1 Å². The van der Waals surface area contributed by atoms with Gasteiger partial charge >= 0.3 is 6.36 Å². The summed E-state index contributed by atoms with van der Waals surface area (Å²) in [6.45, 7) is -0.614. The van der Waals surface area contributed by atoms with E-state index in [0.717, 1.165) is 6.07 Å². The second kappa shape index (κ2) is 11.3. The first kappa shape index (κ1) is 27.9. The minimum atomic E-state index is -4.69. The molecule has 3 unspecified atom stereocenters. The van der Waals surface area contributed by atoms with Gasteiger partial charge in [0, 0.05) is 30.5 Å². The first-order chi connectivity index (χ1) is 17.4. The van der Waals surface area contributed by atoms with Gasteiger partial charge in [0.1, 0.15) is 18.2 Å². The number of rotatable bonds is 9. The molecule has 4 atom stereocenters. The topological polar surface area (TPSA) is 106 Å². The smallest absolute Gasteiger partial charge is 0.484 e. The van der Waals surface area contributed by atoms with E-state index in [0.29, 0.717) is 32.1 Å². The number of alkyl halides is 3. The van der Waals surface area contributed by atoms with Crippen LogP contribution in [0.5, 0.6) is 5.75 Å². The summed E-state index contributed by atoms with van der Waals surface area (Å²) in [6.07, 6.45) is -4.18. The highest BCUT2D eigenvalue weighted by Gasteiger charge is 2.48. The summed E-state index contributed by atoms with van der Waals surface area (Å²) in [7, 11) is 0. The van der Waals surface area contributed by atoms with Crippen LogP contribution in [0, 0.1) is 11.7 Å². The molecule has 3 N–H and O–H groups in total. The summed E-state index contributed by atoms with van der Waals surface area (Å²) in [5, 5.41) is 16.3. The monoisotopic (exact) mass is 552 g/mol. The second-order valence-corrected chi connectivity index (χ2v) is 10.5. The summed E-state index contributed by atoms with van der Waals surface area (Å²) in [4.78, 5) is 25.0. The highest BCUT2D eigenvalue weighted by Crippen LogP contribution is 2.43. The predicted octanol–water partition coefficient (Wildman–Crippen LogP) is 3.24. The molecule has 4 rings (SSSR count). The second-order valence-electron chi connectivity index (χ2n) is 10.1. The number of aliphatic hydroxyl groups is 1. The van der Waals surface area contributed by atoms with Gasteiger partial charge in [0.25, 0.3) is 5.91 Å². The minimum Gasteiger partial charge on any atom is -0.484 e. The Bertz CT molecular complexity index is 992. The summed E-state index contributed by atoms with van der Waals surface area (Å²) < 4.78 is 64.9. The molecule has 1 aromatic rings. The van der Waals surface area contributed by atoms with Gasteiger partial charge in [0.2, 0.25) is 5.91 Å². The van der Waals surface area contributed by atoms with E-state index < -0.39 is 47.8 Å². The van der Waals surface area contributed by atoms with E-state index in [-0.39, 0.29) is 48.8 Å². The van der Waals surface area contributed by atoms with Gasteiger partial charge in [-0.2, -0.15) is 0 Å². The number of ether oxygens (including phenoxy) is 3.